The molecule has 1 N–H and O–H groups in total. The molecule has 3 aromatic heterocycles. The van der Waals surface area contributed by atoms with Gasteiger partial charge in [0.15, 0.2) is 5.65 Å². The molecule has 0 saturated heterocycles. The van der Waals surface area contributed by atoms with E-state index in [1.807, 2.05) is 0 Å². The molecular weight excluding hydrogens is 391 g/mol. The van der Waals surface area contributed by atoms with Gasteiger partial charge in [-0.1, -0.05) is 36.4 Å². The van der Waals surface area contributed by atoms with E-state index in [1.54, 1.807) is 47.8 Å². The number of benzene rings is 1. The van der Waals surface area contributed by atoms with Gasteiger partial charge in [-0.3, -0.25) is 14.3 Å². The van der Waals surface area contributed by atoms with Crippen molar-refractivity contribution in [2.75, 3.05) is 0 Å². The van der Waals surface area contributed by atoms with Gasteiger partial charge in [0, 0.05) is 10.4 Å². The van der Waals surface area contributed by atoms with Gasteiger partial charge in [0.25, 0.3) is 5.56 Å². The van der Waals surface area contributed by atoms with Gasteiger partial charge in [-0.2, -0.15) is 13.2 Å². The van der Waals surface area contributed by atoms with Crippen LogP contribution in [-0.4, -0.2) is 14.5 Å². The van der Waals surface area contributed by atoms with Crippen molar-refractivity contribution in [2.24, 2.45) is 0 Å². The minimum atomic E-state index is -4.73. The van der Waals surface area contributed by atoms with E-state index in [9.17, 15) is 22.8 Å². The topological polar surface area (TPSA) is 67.8 Å². The molecule has 0 bridgehead atoms. The lowest BCUT2D eigenvalue weighted by molar-refractivity contribution is -0.140. The molecule has 5 nitrogen and oxygen atoms in total. The molecule has 0 saturated carbocycles. The second-order valence-electron chi connectivity index (χ2n) is 6.06. The molecule has 142 valence electrons. The Morgan fingerprint density at radius 3 is 2.46 bits per heavy atom. The van der Waals surface area contributed by atoms with E-state index in [-0.39, 0.29) is 23.1 Å². The number of alkyl halides is 3. The lowest BCUT2D eigenvalue weighted by Crippen LogP contribution is -2.32. The van der Waals surface area contributed by atoms with Crippen molar-refractivity contribution < 1.29 is 13.2 Å². The summed E-state index contributed by atoms with van der Waals surface area (Å²) in [5.74, 6) is 0. The standard InChI is InChI=1S/C19H12F3N3O2S/c20-19(21,22)14-9-12(13-7-4-8-28-13)15-16(23-14)25(18(27)24-17(15)26)10-11-5-2-1-3-6-11/h1-9H,10H2,(H,24,26,27). The Bertz CT molecular complexity index is 1260. The first-order chi connectivity index (χ1) is 13.3. The van der Waals surface area contributed by atoms with E-state index < -0.39 is 23.1 Å². The third-order valence-electron chi connectivity index (χ3n) is 4.21. The van der Waals surface area contributed by atoms with E-state index >= 15 is 0 Å². The van der Waals surface area contributed by atoms with Gasteiger partial charge < -0.3 is 0 Å². The van der Waals surface area contributed by atoms with Crippen molar-refractivity contribution in [3.8, 4) is 10.4 Å². The summed E-state index contributed by atoms with van der Waals surface area (Å²) >= 11 is 1.20. The summed E-state index contributed by atoms with van der Waals surface area (Å²) in [6.07, 6.45) is -4.73. The van der Waals surface area contributed by atoms with Gasteiger partial charge in [0.1, 0.15) is 5.69 Å². The van der Waals surface area contributed by atoms with Gasteiger partial charge in [-0.25, -0.2) is 9.78 Å². The summed E-state index contributed by atoms with van der Waals surface area (Å²) in [6, 6.07) is 12.9. The number of rotatable bonds is 3. The molecular formula is C19H12F3N3O2S. The van der Waals surface area contributed by atoms with Crippen LogP contribution in [0, 0.1) is 0 Å². The highest BCUT2D eigenvalue weighted by atomic mass is 32.1. The van der Waals surface area contributed by atoms with Crippen LogP contribution in [0.2, 0.25) is 0 Å². The van der Waals surface area contributed by atoms with Crippen LogP contribution >= 0.6 is 11.3 Å². The Balaban J connectivity index is 2.09. The molecule has 0 aliphatic heterocycles. The predicted molar refractivity (Wildman–Crippen MR) is 100 cm³/mol. The molecule has 0 unspecified atom stereocenters. The molecule has 4 aromatic rings. The highest BCUT2D eigenvalue weighted by Gasteiger charge is 2.34. The van der Waals surface area contributed by atoms with E-state index in [0.717, 1.165) is 10.6 Å². The fraction of sp³-hybridized carbons (Fsp3) is 0.105. The third-order valence-corrected chi connectivity index (χ3v) is 5.11. The van der Waals surface area contributed by atoms with Crippen molar-refractivity contribution in [3.63, 3.8) is 0 Å². The van der Waals surface area contributed by atoms with Crippen molar-refractivity contribution in [1.29, 1.82) is 0 Å². The SMILES string of the molecule is O=c1[nH]c(=O)n(Cc2ccccc2)c2nc(C(F)(F)F)cc(-c3cccs3)c12. The van der Waals surface area contributed by atoms with Crippen LogP contribution in [0.4, 0.5) is 13.2 Å². The molecule has 0 spiro atoms. The lowest BCUT2D eigenvalue weighted by Gasteiger charge is -2.14. The number of hydrogen-bond donors (Lipinski definition) is 1. The third kappa shape index (κ3) is 3.24. The van der Waals surface area contributed by atoms with Crippen LogP contribution in [0.5, 0.6) is 0 Å². The van der Waals surface area contributed by atoms with Crippen molar-refractivity contribution in [3.05, 3.63) is 86.0 Å². The highest BCUT2D eigenvalue weighted by Crippen LogP contribution is 2.35. The van der Waals surface area contributed by atoms with Crippen LogP contribution in [0.3, 0.4) is 0 Å². The maximum atomic E-state index is 13.5. The molecule has 28 heavy (non-hydrogen) atoms. The van der Waals surface area contributed by atoms with Crippen LogP contribution in [0.15, 0.2) is 63.5 Å². The van der Waals surface area contributed by atoms with Crippen molar-refractivity contribution >= 4 is 22.4 Å². The average Bonchev–Trinajstić information content (AvgIpc) is 3.19. The smallest absolute Gasteiger partial charge is 0.273 e. The molecule has 0 aliphatic rings. The minimum Gasteiger partial charge on any atom is -0.273 e. The summed E-state index contributed by atoms with van der Waals surface area (Å²) in [6.45, 7) is -0.0227. The number of aromatic amines is 1. The minimum absolute atomic E-state index is 0.0227. The van der Waals surface area contributed by atoms with Gasteiger partial charge >= 0.3 is 11.9 Å². The lowest BCUT2D eigenvalue weighted by atomic mass is 10.1. The summed E-state index contributed by atoms with van der Waals surface area (Å²) < 4.78 is 41.4. The first kappa shape index (κ1) is 18.2. The fourth-order valence-corrected chi connectivity index (χ4v) is 3.71. The van der Waals surface area contributed by atoms with Crippen LogP contribution in [-0.2, 0) is 12.7 Å². The van der Waals surface area contributed by atoms with Crippen LogP contribution < -0.4 is 11.2 Å². The zero-order valence-corrected chi connectivity index (χ0v) is 15.0. The van der Waals surface area contributed by atoms with Crippen LogP contribution in [0.1, 0.15) is 11.3 Å². The molecule has 9 heteroatoms. The molecule has 0 amide bonds. The van der Waals surface area contributed by atoms with Gasteiger partial charge in [-0.15, -0.1) is 11.3 Å². The Morgan fingerprint density at radius 2 is 1.82 bits per heavy atom. The number of nitrogens with one attached hydrogen (secondary N) is 1. The molecule has 0 radical (unpaired) electrons. The molecule has 0 fully saturated rings. The van der Waals surface area contributed by atoms with Gasteiger partial charge in [-0.05, 0) is 23.1 Å². The summed E-state index contributed by atoms with van der Waals surface area (Å²) in [5.41, 5.74) is -2.25. The average molecular weight is 403 g/mol. The largest absolute Gasteiger partial charge is 0.433 e. The second kappa shape index (κ2) is 6.75. The zero-order valence-electron chi connectivity index (χ0n) is 14.2. The zero-order chi connectivity index (χ0) is 19.9. The predicted octanol–water partition coefficient (Wildman–Crippen LogP) is 3.88. The molecule has 0 atom stereocenters. The Hall–Kier alpha value is -3.20. The summed E-state index contributed by atoms with van der Waals surface area (Å²) in [5, 5.41) is 1.65. The van der Waals surface area contributed by atoms with Crippen molar-refractivity contribution in [2.45, 2.75) is 12.7 Å². The number of halogens is 3. The Morgan fingerprint density at radius 1 is 1.07 bits per heavy atom. The van der Waals surface area contributed by atoms with E-state index in [1.165, 1.54) is 11.3 Å². The summed E-state index contributed by atoms with van der Waals surface area (Å²) in [4.78, 5) is 31.2. The first-order valence-electron chi connectivity index (χ1n) is 8.17. The van der Waals surface area contributed by atoms with E-state index in [2.05, 4.69) is 9.97 Å². The quantitative estimate of drug-likeness (QED) is 0.565. The van der Waals surface area contributed by atoms with Crippen LogP contribution in [0.25, 0.3) is 21.5 Å². The van der Waals surface area contributed by atoms with Gasteiger partial charge in [0.05, 0.1) is 11.9 Å². The highest BCUT2D eigenvalue weighted by molar-refractivity contribution is 7.13. The number of H-pyrrole nitrogens is 1. The number of nitrogens with zero attached hydrogens (tertiary/aromatic N) is 2. The number of pyridine rings is 1. The first-order valence-corrected chi connectivity index (χ1v) is 9.05. The number of aromatic nitrogens is 3. The monoisotopic (exact) mass is 403 g/mol. The molecule has 1 aromatic carbocycles. The molecule has 0 aliphatic carbocycles. The number of thiophene rings is 1. The molecule has 4 rings (SSSR count). The number of fused-ring (bicyclic) bond motifs is 1. The van der Waals surface area contributed by atoms with E-state index in [0.29, 0.717) is 10.4 Å². The maximum Gasteiger partial charge on any atom is 0.433 e. The van der Waals surface area contributed by atoms with Gasteiger partial charge in [0.2, 0.25) is 0 Å². The van der Waals surface area contributed by atoms with E-state index in [4.69, 9.17) is 0 Å². The maximum absolute atomic E-state index is 13.5. The fourth-order valence-electron chi connectivity index (χ4n) is 2.96. The Kier molecular flexibility index (Phi) is 4.38. The molecule has 3 heterocycles. The second-order valence-corrected chi connectivity index (χ2v) is 7.01. The Labute approximate surface area is 159 Å². The number of hydrogen-bond acceptors (Lipinski definition) is 4. The normalized spacial score (nSPS) is 11.8. The summed E-state index contributed by atoms with van der Waals surface area (Å²) in [7, 11) is 0. The van der Waals surface area contributed by atoms with Crippen molar-refractivity contribution in [1.82, 2.24) is 14.5 Å².